The first-order valence-electron chi connectivity index (χ1n) is 8.95. The van der Waals surface area contributed by atoms with Crippen molar-refractivity contribution in [3.8, 4) is 11.5 Å². The molecule has 26 heavy (non-hydrogen) atoms. The highest BCUT2D eigenvalue weighted by molar-refractivity contribution is 5.92. The third-order valence-corrected chi connectivity index (χ3v) is 5.21. The van der Waals surface area contributed by atoms with Gasteiger partial charge in [-0.05, 0) is 55.0 Å². The summed E-state index contributed by atoms with van der Waals surface area (Å²) in [6, 6.07) is 7.91. The van der Waals surface area contributed by atoms with E-state index in [1.807, 2.05) is 6.07 Å². The number of aromatic nitrogens is 4. The van der Waals surface area contributed by atoms with Gasteiger partial charge in [-0.2, -0.15) is 10.1 Å². The monoisotopic (exact) mass is 349 g/mol. The molecule has 132 valence electrons. The molecule has 2 aliphatic carbocycles. The van der Waals surface area contributed by atoms with Gasteiger partial charge in [-0.1, -0.05) is 11.2 Å². The lowest BCUT2D eigenvalue weighted by atomic mass is 10.0. The molecule has 0 aliphatic heterocycles. The Morgan fingerprint density at radius 1 is 1.27 bits per heavy atom. The number of aryl methyl sites for hydroxylation is 2. The molecule has 1 N–H and O–H groups in total. The van der Waals surface area contributed by atoms with Crippen molar-refractivity contribution in [3.05, 3.63) is 53.1 Å². The van der Waals surface area contributed by atoms with Crippen LogP contribution in [-0.2, 0) is 13.5 Å². The van der Waals surface area contributed by atoms with Gasteiger partial charge in [0.1, 0.15) is 5.69 Å². The number of nitrogens with one attached hydrogen (secondary N) is 1. The van der Waals surface area contributed by atoms with Gasteiger partial charge < -0.3 is 9.84 Å². The van der Waals surface area contributed by atoms with E-state index in [1.54, 1.807) is 24.0 Å². The Kier molecular flexibility index (Phi) is 3.41. The maximum absolute atomic E-state index is 12.4. The number of hydrogen-bond donors (Lipinski definition) is 1. The molecule has 1 atom stereocenters. The van der Waals surface area contributed by atoms with E-state index < -0.39 is 0 Å². The Morgan fingerprint density at radius 2 is 2.15 bits per heavy atom. The average Bonchev–Trinajstić information content (AvgIpc) is 3.05. The average molecular weight is 349 g/mol. The Morgan fingerprint density at radius 3 is 2.92 bits per heavy atom. The molecule has 2 aromatic heterocycles. The minimum absolute atomic E-state index is 0.0196. The summed E-state index contributed by atoms with van der Waals surface area (Å²) in [7, 11) is 1.77. The van der Waals surface area contributed by atoms with Gasteiger partial charge in [0.15, 0.2) is 5.82 Å². The van der Waals surface area contributed by atoms with E-state index >= 15 is 0 Å². The number of nitrogens with zero attached hydrogens (tertiary/aromatic N) is 4. The zero-order valence-electron chi connectivity index (χ0n) is 14.5. The smallest absolute Gasteiger partial charge is 0.270 e. The topological polar surface area (TPSA) is 85.8 Å². The molecule has 2 heterocycles. The quantitative estimate of drug-likeness (QED) is 0.783. The van der Waals surface area contributed by atoms with Crippen molar-refractivity contribution in [2.75, 3.05) is 0 Å². The number of carbonyl (C=O) groups is 1. The minimum Gasteiger partial charge on any atom is -0.344 e. The Balaban J connectivity index is 1.36. The summed E-state index contributed by atoms with van der Waals surface area (Å²) in [5.74, 6) is 1.78. The van der Waals surface area contributed by atoms with Crippen LogP contribution in [0, 0.1) is 0 Å². The highest BCUT2D eigenvalue weighted by Gasteiger charge is 2.30. The summed E-state index contributed by atoms with van der Waals surface area (Å²) in [5.41, 5.74) is 3.89. The lowest BCUT2D eigenvalue weighted by Crippen LogP contribution is -2.28. The van der Waals surface area contributed by atoms with Gasteiger partial charge in [-0.25, -0.2) is 0 Å². The molecule has 0 radical (unpaired) electrons. The van der Waals surface area contributed by atoms with Crippen molar-refractivity contribution < 1.29 is 9.32 Å². The van der Waals surface area contributed by atoms with E-state index in [-0.39, 0.29) is 11.9 Å². The first kappa shape index (κ1) is 15.3. The molecule has 3 aromatic rings. The van der Waals surface area contributed by atoms with Crippen LogP contribution >= 0.6 is 0 Å². The molecule has 0 saturated heterocycles. The van der Waals surface area contributed by atoms with Gasteiger partial charge in [0.25, 0.3) is 11.8 Å². The Hall–Kier alpha value is -2.96. The minimum atomic E-state index is -0.0992. The molecule has 0 spiro atoms. The highest BCUT2D eigenvalue weighted by atomic mass is 16.5. The van der Waals surface area contributed by atoms with Gasteiger partial charge in [0.2, 0.25) is 0 Å². The standard InChI is InChI=1S/C19H19N5O2/c1-24-16(8-9-20-24)18(25)21-15-7-5-12-10-13(4-6-14(12)15)19-22-17(23-26-19)11-2-3-11/h4,6,8-11,15H,2-3,5,7H2,1H3,(H,21,25). The van der Waals surface area contributed by atoms with E-state index in [4.69, 9.17) is 4.52 Å². The molecule has 2 aliphatic rings. The second-order valence-electron chi connectivity index (χ2n) is 7.05. The van der Waals surface area contributed by atoms with E-state index in [9.17, 15) is 4.79 Å². The van der Waals surface area contributed by atoms with Crippen molar-refractivity contribution in [2.45, 2.75) is 37.6 Å². The van der Waals surface area contributed by atoms with Crippen LogP contribution in [0.5, 0.6) is 0 Å². The second kappa shape index (κ2) is 5.79. The molecule has 7 heteroatoms. The summed E-state index contributed by atoms with van der Waals surface area (Å²) >= 11 is 0. The van der Waals surface area contributed by atoms with Crippen molar-refractivity contribution in [1.82, 2.24) is 25.2 Å². The third kappa shape index (κ3) is 2.60. The van der Waals surface area contributed by atoms with Crippen LogP contribution in [0.4, 0.5) is 0 Å². The molecule has 1 unspecified atom stereocenters. The predicted octanol–water partition coefficient (Wildman–Crippen LogP) is 2.76. The summed E-state index contributed by atoms with van der Waals surface area (Å²) in [5, 5.41) is 11.3. The van der Waals surface area contributed by atoms with Crippen LogP contribution in [0.2, 0.25) is 0 Å². The van der Waals surface area contributed by atoms with Crippen LogP contribution in [-0.4, -0.2) is 25.8 Å². The molecular weight excluding hydrogens is 330 g/mol. The molecule has 7 nitrogen and oxygen atoms in total. The zero-order chi connectivity index (χ0) is 17.7. The number of rotatable bonds is 4. The van der Waals surface area contributed by atoms with E-state index in [0.29, 0.717) is 17.5 Å². The maximum atomic E-state index is 12.4. The fraction of sp³-hybridized carbons (Fsp3) is 0.368. The van der Waals surface area contributed by atoms with Gasteiger partial charge >= 0.3 is 0 Å². The lowest BCUT2D eigenvalue weighted by molar-refractivity contribution is 0.0927. The fourth-order valence-electron chi connectivity index (χ4n) is 3.59. The number of amides is 1. The summed E-state index contributed by atoms with van der Waals surface area (Å²) in [6.07, 6.45) is 5.75. The van der Waals surface area contributed by atoms with E-state index in [0.717, 1.165) is 42.6 Å². The van der Waals surface area contributed by atoms with Gasteiger partial charge in [-0.15, -0.1) is 0 Å². The number of fused-ring (bicyclic) bond motifs is 1. The number of hydrogen-bond acceptors (Lipinski definition) is 5. The lowest BCUT2D eigenvalue weighted by Gasteiger charge is -2.14. The predicted molar refractivity (Wildman–Crippen MR) is 93.4 cm³/mol. The Bertz CT molecular complexity index is 985. The normalized spacial score (nSPS) is 18.7. The molecule has 1 saturated carbocycles. The first-order chi connectivity index (χ1) is 12.7. The first-order valence-corrected chi connectivity index (χ1v) is 8.95. The van der Waals surface area contributed by atoms with E-state index in [2.05, 4.69) is 32.7 Å². The van der Waals surface area contributed by atoms with Crippen molar-refractivity contribution in [2.24, 2.45) is 7.05 Å². The fourth-order valence-corrected chi connectivity index (χ4v) is 3.59. The van der Waals surface area contributed by atoms with Crippen molar-refractivity contribution in [3.63, 3.8) is 0 Å². The van der Waals surface area contributed by atoms with Crippen LogP contribution in [0.25, 0.3) is 11.5 Å². The molecule has 0 bridgehead atoms. The molecule has 5 rings (SSSR count). The molecule has 1 amide bonds. The zero-order valence-corrected chi connectivity index (χ0v) is 14.5. The van der Waals surface area contributed by atoms with Crippen molar-refractivity contribution in [1.29, 1.82) is 0 Å². The Labute approximate surface area is 150 Å². The third-order valence-electron chi connectivity index (χ3n) is 5.21. The van der Waals surface area contributed by atoms with Crippen LogP contribution in [0.3, 0.4) is 0 Å². The maximum Gasteiger partial charge on any atom is 0.270 e. The summed E-state index contributed by atoms with van der Waals surface area (Å²) in [4.78, 5) is 17.0. The highest BCUT2D eigenvalue weighted by Crippen LogP contribution is 2.39. The van der Waals surface area contributed by atoms with Crippen LogP contribution < -0.4 is 5.32 Å². The van der Waals surface area contributed by atoms with Gasteiger partial charge in [-0.3, -0.25) is 9.48 Å². The van der Waals surface area contributed by atoms with E-state index in [1.165, 1.54) is 5.56 Å². The number of benzene rings is 1. The molecular formula is C19H19N5O2. The second-order valence-corrected chi connectivity index (χ2v) is 7.05. The van der Waals surface area contributed by atoms with Gasteiger partial charge in [0.05, 0.1) is 6.04 Å². The number of carbonyl (C=O) groups excluding carboxylic acids is 1. The molecule has 1 fully saturated rings. The van der Waals surface area contributed by atoms with Crippen molar-refractivity contribution >= 4 is 5.91 Å². The SMILES string of the molecule is Cn1nccc1C(=O)NC1CCc2cc(-c3nc(C4CC4)no3)ccc21. The van der Waals surface area contributed by atoms with Gasteiger partial charge in [0, 0.05) is 24.7 Å². The van der Waals surface area contributed by atoms with Crippen LogP contribution in [0.1, 0.15) is 58.7 Å². The summed E-state index contributed by atoms with van der Waals surface area (Å²) in [6.45, 7) is 0. The summed E-state index contributed by atoms with van der Waals surface area (Å²) < 4.78 is 7.01. The van der Waals surface area contributed by atoms with Crippen LogP contribution in [0.15, 0.2) is 35.0 Å². The largest absolute Gasteiger partial charge is 0.344 e. The molecule has 1 aromatic carbocycles.